The van der Waals surface area contributed by atoms with E-state index in [2.05, 4.69) is 30.3 Å². The standard InChI is InChI=1S/C23H18O2/c24-21-12-11-19-14-22(18-9-5-2-6-10-18)23(15-20(19)13-21)25-16-17-7-3-1-4-8-17/h1-15,24H,16H2. The van der Waals surface area contributed by atoms with E-state index in [4.69, 9.17) is 4.74 Å². The van der Waals surface area contributed by atoms with Crippen molar-refractivity contribution >= 4 is 10.8 Å². The van der Waals surface area contributed by atoms with Gasteiger partial charge in [0.05, 0.1) is 0 Å². The maximum Gasteiger partial charge on any atom is 0.128 e. The smallest absolute Gasteiger partial charge is 0.128 e. The monoisotopic (exact) mass is 326 g/mol. The fourth-order valence-corrected chi connectivity index (χ4v) is 2.96. The average Bonchev–Trinajstić information content (AvgIpc) is 2.67. The molecule has 1 N–H and O–H groups in total. The summed E-state index contributed by atoms with van der Waals surface area (Å²) in [7, 11) is 0. The summed E-state index contributed by atoms with van der Waals surface area (Å²) in [5.74, 6) is 1.07. The van der Waals surface area contributed by atoms with E-state index in [0.717, 1.165) is 33.2 Å². The first kappa shape index (κ1) is 15.3. The third kappa shape index (κ3) is 3.33. The summed E-state index contributed by atoms with van der Waals surface area (Å²) in [6.07, 6.45) is 0. The number of fused-ring (bicyclic) bond motifs is 1. The lowest BCUT2D eigenvalue weighted by Gasteiger charge is -2.14. The predicted molar refractivity (Wildman–Crippen MR) is 102 cm³/mol. The van der Waals surface area contributed by atoms with Crippen LogP contribution >= 0.6 is 0 Å². The number of phenolic OH excluding ortho intramolecular Hbond substituents is 1. The van der Waals surface area contributed by atoms with Gasteiger partial charge in [0.25, 0.3) is 0 Å². The molecule has 0 saturated carbocycles. The molecular weight excluding hydrogens is 308 g/mol. The second-order valence-corrected chi connectivity index (χ2v) is 6.02. The lowest BCUT2D eigenvalue weighted by molar-refractivity contribution is 0.308. The van der Waals surface area contributed by atoms with E-state index in [-0.39, 0.29) is 5.75 Å². The summed E-state index contributed by atoms with van der Waals surface area (Å²) in [5, 5.41) is 11.8. The molecule has 4 aromatic carbocycles. The Labute approximate surface area is 146 Å². The van der Waals surface area contributed by atoms with Crippen molar-refractivity contribution in [2.45, 2.75) is 6.61 Å². The zero-order valence-corrected chi connectivity index (χ0v) is 13.7. The summed E-state index contributed by atoms with van der Waals surface area (Å²) < 4.78 is 6.14. The number of hydrogen-bond donors (Lipinski definition) is 1. The highest BCUT2D eigenvalue weighted by Crippen LogP contribution is 2.35. The van der Waals surface area contributed by atoms with Crippen LogP contribution in [0.2, 0.25) is 0 Å². The SMILES string of the molecule is Oc1ccc2cc(-c3ccccc3)c(OCc3ccccc3)cc2c1. The fraction of sp³-hybridized carbons (Fsp3) is 0.0435. The first-order valence-corrected chi connectivity index (χ1v) is 8.28. The van der Waals surface area contributed by atoms with Crippen molar-refractivity contribution in [1.82, 2.24) is 0 Å². The summed E-state index contributed by atoms with van der Waals surface area (Å²) in [6, 6.07) is 29.9. The molecule has 0 atom stereocenters. The molecule has 2 nitrogen and oxygen atoms in total. The van der Waals surface area contributed by atoms with Gasteiger partial charge in [0.15, 0.2) is 0 Å². The Bertz CT molecular complexity index is 992. The average molecular weight is 326 g/mol. The van der Waals surface area contributed by atoms with Crippen molar-refractivity contribution in [3.8, 4) is 22.6 Å². The Kier molecular flexibility index (Phi) is 4.09. The predicted octanol–water partition coefficient (Wildman–Crippen LogP) is 5.79. The quantitative estimate of drug-likeness (QED) is 0.514. The van der Waals surface area contributed by atoms with Crippen molar-refractivity contribution in [1.29, 1.82) is 0 Å². The number of hydrogen-bond acceptors (Lipinski definition) is 2. The van der Waals surface area contributed by atoms with E-state index in [1.807, 2.05) is 48.5 Å². The van der Waals surface area contributed by atoms with Crippen LogP contribution in [0, 0.1) is 0 Å². The van der Waals surface area contributed by atoms with Crippen LogP contribution in [0.1, 0.15) is 5.56 Å². The van der Waals surface area contributed by atoms with Gasteiger partial charge < -0.3 is 9.84 Å². The van der Waals surface area contributed by atoms with Crippen LogP contribution in [0.4, 0.5) is 0 Å². The van der Waals surface area contributed by atoms with Crippen molar-refractivity contribution < 1.29 is 9.84 Å². The minimum atomic E-state index is 0.258. The normalized spacial score (nSPS) is 10.7. The van der Waals surface area contributed by atoms with Gasteiger partial charge in [-0.05, 0) is 46.2 Å². The molecule has 4 rings (SSSR count). The Hall–Kier alpha value is -3.26. The first-order valence-electron chi connectivity index (χ1n) is 8.28. The van der Waals surface area contributed by atoms with Crippen molar-refractivity contribution in [2.24, 2.45) is 0 Å². The lowest BCUT2D eigenvalue weighted by atomic mass is 10.00. The molecule has 4 aromatic rings. The zero-order chi connectivity index (χ0) is 17.1. The third-order valence-electron chi connectivity index (χ3n) is 4.24. The highest BCUT2D eigenvalue weighted by Gasteiger charge is 2.09. The molecule has 0 aliphatic rings. The Morgan fingerprint density at radius 1 is 0.680 bits per heavy atom. The second-order valence-electron chi connectivity index (χ2n) is 6.02. The van der Waals surface area contributed by atoms with E-state index in [1.54, 1.807) is 12.1 Å². The van der Waals surface area contributed by atoms with Crippen LogP contribution < -0.4 is 4.74 Å². The molecule has 0 bridgehead atoms. The molecule has 0 amide bonds. The number of ether oxygens (including phenoxy) is 1. The molecular formula is C23H18O2. The molecule has 0 saturated heterocycles. The van der Waals surface area contributed by atoms with Gasteiger partial charge in [0.1, 0.15) is 18.1 Å². The first-order chi connectivity index (χ1) is 12.3. The number of benzene rings is 4. The Morgan fingerprint density at radius 3 is 2.16 bits per heavy atom. The molecule has 0 aromatic heterocycles. The summed E-state index contributed by atoms with van der Waals surface area (Å²) in [6.45, 7) is 0.505. The Balaban J connectivity index is 1.78. The molecule has 2 heteroatoms. The van der Waals surface area contributed by atoms with Crippen molar-refractivity contribution in [3.05, 3.63) is 96.6 Å². The maximum absolute atomic E-state index is 9.77. The molecule has 0 heterocycles. The minimum absolute atomic E-state index is 0.258. The summed E-state index contributed by atoms with van der Waals surface area (Å²) in [5.41, 5.74) is 3.28. The van der Waals surface area contributed by atoms with Crippen molar-refractivity contribution in [2.75, 3.05) is 0 Å². The lowest BCUT2D eigenvalue weighted by Crippen LogP contribution is -1.97. The van der Waals surface area contributed by atoms with Gasteiger partial charge in [-0.15, -0.1) is 0 Å². The van der Waals surface area contributed by atoms with Crippen molar-refractivity contribution in [3.63, 3.8) is 0 Å². The largest absolute Gasteiger partial charge is 0.508 e. The topological polar surface area (TPSA) is 29.5 Å². The zero-order valence-electron chi connectivity index (χ0n) is 13.7. The summed E-state index contributed by atoms with van der Waals surface area (Å²) in [4.78, 5) is 0. The highest BCUT2D eigenvalue weighted by molar-refractivity contribution is 5.91. The van der Waals surface area contributed by atoms with Crippen LogP contribution in [0.3, 0.4) is 0 Å². The summed E-state index contributed by atoms with van der Waals surface area (Å²) >= 11 is 0. The fourth-order valence-electron chi connectivity index (χ4n) is 2.96. The van der Waals surface area contributed by atoms with Gasteiger partial charge in [-0.1, -0.05) is 66.7 Å². The van der Waals surface area contributed by atoms with Gasteiger partial charge in [0, 0.05) is 5.56 Å². The highest BCUT2D eigenvalue weighted by atomic mass is 16.5. The maximum atomic E-state index is 9.77. The molecule has 0 unspecified atom stereocenters. The van der Waals surface area contributed by atoms with E-state index in [0.29, 0.717) is 6.61 Å². The molecule has 0 fully saturated rings. The molecule has 0 radical (unpaired) electrons. The van der Waals surface area contributed by atoms with Crippen LogP contribution in [0.15, 0.2) is 91.0 Å². The van der Waals surface area contributed by atoms with E-state index in [1.165, 1.54) is 0 Å². The number of phenols is 1. The van der Waals surface area contributed by atoms with Crippen LogP contribution in [-0.4, -0.2) is 5.11 Å². The van der Waals surface area contributed by atoms with Crippen LogP contribution in [-0.2, 0) is 6.61 Å². The van der Waals surface area contributed by atoms with E-state index in [9.17, 15) is 5.11 Å². The molecule has 0 aliphatic carbocycles. The van der Waals surface area contributed by atoms with Gasteiger partial charge in [-0.3, -0.25) is 0 Å². The molecule has 0 aliphatic heterocycles. The molecule has 0 spiro atoms. The van der Waals surface area contributed by atoms with Gasteiger partial charge >= 0.3 is 0 Å². The van der Waals surface area contributed by atoms with E-state index >= 15 is 0 Å². The van der Waals surface area contributed by atoms with Gasteiger partial charge in [-0.2, -0.15) is 0 Å². The van der Waals surface area contributed by atoms with Crippen LogP contribution in [0.5, 0.6) is 11.5 Å². The molecule has 122 valence electrons. The van der Waals surface area contributed by atoms with Gasteiger partial charge in [-0.25, -0.2) is 0 Å². The number of rotatable bonds is 4. The molecule has 25 heavy (non-hydrogen) atoms. The van der Waals surface area contributed by atoms with Crippen LogP contribution in [0.25, 0.3) is 21.9 Å². The van der Waals surface area contributed by atoms with E-state index < -0.39 is 0 Å². The second kappa shape index (κ2) is 6.70. The minimum Gasteiger partial charge on any atom is -0.508 e. The number of aromatic hydroxyl groups is 1. The third-order valence-corrected chi connectivity index (χ3v) is 4.24. The van der Waals surface area contributed by atoms with Gasteiger partial charge in [0.2, 0.25) is 0 Å². The Morgan fingerprint density at radius 2 is 1.40 bits per heavy atom.